The number of rotatable bonds is 12. The van der Waals surface area contributed by atoms with E-state index in [2.05, 4.69) is 25.8 Å². The summed E-state index contributed by atoms with van der Waals surface area (Å²) < 4.78 is 80.5. The first-order chi connectivity index (χ1) is 27.7. The van der Waals surface area contributed by atoms with Crippen LogP contribution in [-0.2, 0) is 20.2 Å². The van der Waals surface area contributed by atoms with E-state index in [1.165, 1.54) is 50.6 Å². The summed E-state index contributed by atoms with van der Waals surface area (Å²) in [5.41, 5.74) is -1.91. The summed E-state index contributed by atoms with van der Waals surface area (Å²) in [7, 11) is -7.72. The molecule has 19 nitrogen and oxygen atoms in total. The number of fused-ring (bicyclic) bond motifs is 2. The average Bonchev–Trinajstić information content (AvgIpc) is 3.15. The number of nitrogens with zero attached hydrogens (tertiary/aromatic N) is 4. The third-order valence-corrected chi connectivity index (χ3v) is 10.7. The number of hydrogen-bond donors (Lipinski definition) is 7. The molecule has 0 amide bonds. The zero-order valence-corrected chi connectivity index (χ0v) is 32.9. The number of halogens is 2. The molecule has 7 N–H and O–H groups in total. The van der Waals surface area contributed by atoms with Crippen LogP contribution in [0.25, 0.3) is 21.5 Å². The zero-order valence-electron chi connectivity index (χ0n) is 29.7. The van der Waals surface area contributed by atoms with Crippen molar-refractivity contribution in [2.24, 2.45) is 20.5 Å². The molecule has 0 aliphatic carbocycles. The van der Waals surface area contributed by atoms with Crippen molar-refractivity contribution in [3.63, 3.8) is 0 Å². The molecule has 0 aliphatic rings. The van der Waals surface area contributed by atoms with Crippen molar-refractivity contribution in [1.82, 2.24) is 0 Å². The van der Waals surface area contributed by atoms with E-state index in [-0.39, 0.29) is 77.0 Å². The maximum Gasteiger partial charge on any atom is 0.335 e. The van der Waals surface area contributed by atoms with E-state index >= 15 is 0 Å². The number of hydrogen-bond acceptors (Lipinski definition) is 15. The number of aromatic carboxylic acids is 2. The van der Waals surface area contributed by atoms with Crippen molar-refractivity contribution in [2.75, 3.05) is 19.5 Å². The first kappa shape index (κ1) is 42.0. The first-order valence-corrected chi connectivity index (χ1v) is 19.7. The number of carboxylic acids is 2. The normalized spacial score (nSPS) is 12.1. The predicted molar refractivity (Wildman–Crippen MR) is 212 cm³/mol. The Bertz CT molecular complexity index is 2870. The van der Waals surface area contributed by atoms with Crippen LogP contribution in [0.3, 0.4) is 0 Å². The number of nitrogens with one attached hydrogen (secondary N) is 1. The van der Waals surface area contributed by atoms with E-state index < -0.39 is 64.8 Å². The number of azo groups is 2. The molecule has 23 heteroatoms. The lowest BCUT2D eigenvalue weighted by Crippen LogP contribution is -2.00. The highest BCUT2D eigenvalue weighted by Crippen LogP contribution is 2.46. The molecule has 0 radical (unpaired) electrons. The van der Waals surface area contributed by atoms with E-state index in [1.807, 2.05) is 0 Å². The monoisotopic (exact) mass is 885 g/mol. The number of aromatic hydroxyl groups is 2. The van der Waals surface area contributed by atoms with Gasteiger partial charge in [0.1, 0.15) is 32.5 Å². The molecule has 6 aromatic rings. The van der Waals surface area contributed by atoms with Crippen molar-refractivity contribution in [3.8, 4) is 23.0 Å². The topological polar surface area (TPSA) is 304 Å². The molecule has 0 spiro atoms. The Morgan fingerprint density at radius 3 is 1.29 bits per heavy atom. The van der Waals surface area contributed by atoms with E-state index in [4.69, 9.17) is 32.7 Å². The number of ether oxygens (including phenoxy) is 2. The van der Waals surface area contributed by atoms with E-state index in [0.29, 0.717) is 0 Å². The highest BCUT2D eigenvalue weighted by Gasteiger charge is 2.25. The molecular formula is C36H25Cl2N5O14S2. The van der Waals surface area contributed by atoms with Gasteiger partial charge in [-0.1, -0.05) is 23.2 Å². The van der Waals surface area contributed by atoms with Crippen molar-refractivity contribution in [1.29, 1.82) is 0 Å². The zero-order chi connectivity index (χ0) is 43.1. The predicted octanol–water partition coefficient (Wildman–Crippen LogP) is 9.19. The summed E-state index contributed by atoms with van der Waals surface area (Å²) in [5, 5.41) is 59.4. The van der Waals surface area contributed by atoms with Gasteiger partial charge in [0, 0.05) is 22.1 Å². The number of carbonyl (C=O) groups is 2. The van der Waals surface area contributed by atoms with Crippen LogP contribution in [0.15, 0.2) is 103 Å². The van der Waals surface area contributed by atoms with Gasteiger partial charge in [0.2, 0.25) is 0 Å². The third kappa shape index (κ3) is 8.50. The number of carboxylic acid groups (broad SMARTS) is 2. The SMILES string of the molecule is COc1c(Cl)cc(C(=O)O)cc1N=Nc1c(S(=O)(=O)O)cc2cc(Nc3ccc4c(O)c(N=Nc5cc(C(=O)O)cc(Cl)c5OC)c(S(=O)(=O)O)cc4c3)ccc2c1O. The van der Waals surface area contributed by atoms with Gasteiger partial charge in [-0.05, 0) is 83.6 Å². The Labute approximate surface area is 341 Å². The number of methoxy groups -OCH3 is 2. The molecule has 0 aromatic heterocycles. The molecule has 6 aromatic carbocycles. The molecular weight excluding hydrogens is 861 g/mol. The van der Waals surface area contributed by atoms with Crippen LogP contribution in [0.5, 0.6) is 23.0 Å². The Kier molecular flexibility index (Phi) is 11.4. The van der Waals surface area contributed by atoms with Crippen LogP contribution in [0.1, 0.15) is 20.7 Å². The molecule has 0 fully saturated rings. The number of phenolic OH excluding ortho intramolecular Hbond substituents is 2. The lowest BCUT2D eigenvalue weighted by molar-refractivity contribution is 0.0686. The summed E-state index contributed by atoms with van der Waals surface area (Å²) >= 11 is 12.2. The molecule has 0 atom stereocenters. The third-order valence-electron chi connectivity index (χ3n) is 8.41. The molecule has 0 saturated carbocycles. The second-order valence-electron chi connectivity index (χ2n) is 12.1. The maximum absolute atomic E-state index is 12.5. The van der Waals surface area contributed by atoms with Crippen LogP contribution in [0.4, 0.5) is 34.1 Å². The Morgan fingerprint density at radius 2 is 0.966 bits per heavy atom. The second-order valence-corrected chi connectivity index (χ2v) is 15.7. The van der Waals surface area contributed by atoms with Gasteiger partial charge < -0.3 is 35.2 Å². The Morgan fingerprint density at radius 1 is 0.593 bits per heavy atom. The van der Waals surface area contributed by atoms with E-state index in [9.17, 15) is 56.0 Å². The lowest BCUT2D eigenvalue weighted by Gasteiger charge is -2.13. The number of phenols is 2. The molecule has 0 heterocycles. The van der Waals surface area contributed by atoms with Gasteiger partial charge >= 0.3 is 11.9 Å². The van der Waals surface area contributed by atoms with Crippen molar-refractivity contribution in [3.05, 3.63) is 94.0 Å². The standard InChI is InChI=1S/C36H25Cl2N5O14S2/c1-56-33-23(37)9-17(35(46)47)11-25(33)40-42-29-27(58(50,51)52)13-15-7-19(3-5-21(15)31(29)44)39-20-4-6-22-16(8-20)14-28(59(53,54)55)30(32(22)45)43-41-26-12-18(36(48)49)10-24(38)34(26)57-2/h3-14,39,44-45H,1-2H3,(H,46,47)(H,48,49)(H,50,51,52)(H,53,54,55). The van der Waals surface area contributed by atoms with Gasteiger partial charge in [-0.15, -0.1) is 20.5 Å². The summed E-state index contributed by atoms with van der Waals surface area (Å²) in [5.74, 6) is -4.41. The second kappa shape index (κ2) is 16.0. The van der Waals surface area contributed by atoms with Crippen LogP contribution in [-0.4, -0.2) is 72.5 Å². The number of benzene rings is 6. The summed E-state index contributed by atoms with van der Waals surface area (Å²) in [4.78, 5) is 21.4. The van der Waals surface area contributed by atoms with Crippen LogP contribution in [0.2, 0.25) is 10.0 Å². The quantitative estimate of drug-likeness (QED) is 0.0445. The summed E-state index contributed by atoms with van der Waals surface area (Å²) in [6.45, 7) is 0. The molecule has 0 unspecified atom stereocenters. The van der Waals surface area contributed by atoms with Gasteiger partial charge in [-0.3, -0.25) is 9.11 Å². The summed E-state index contributed by atoms with van der Waals surface area (Å²) in [6.07, 6.45) is 0. The van der Waals surface area contributed by atoms with Crippen molar-refractivity contribution >= 4 is 111 Å². The van der Waals surface area contributed by atoms with Crippen molar-refractivity contribution < 1.29 is 65.4 Å². The molecule has 0 aliphatic heterocycles. The fourth-order valence-corrected chi connectivity index (χ4v) is 7.68. The fraction of sp³-hybridized carbons (Fsp3) is 0.0556. The molecule has 0 saturated heterocycles. The Balaban J connectivity index is 1.39. The van der Waals surface area contributed by atoms with Crippen LogP contribution >= 0.6 is 23.2 Å². The van der Waals surface area contributed by atoms with Gasteiger partial charge in [0.05, 0.1) is 35.4 Å². The van der Waals surface area contributed by atoms with Crippen molar-refractivity contribution in [2.45, 2.75) is 9.79 Å². The van der Waals surface area contributed by atoms with Crippen LogP contribution < -0.4 is 14.8 Å². The lowest BCUT2D eigenvalue weighted by atomic mass is 10.1. The van der Waals surface area contributed by atoms with E-state index in [0.717, 1.165) is 36.4 Å². The van der Waals surface area contributed by atoms with Gasteiger partial charge in [0.15, 0.2) is 23.0 Å². The molecule has 304 valence electrons. The average molecular weight is 887 g/mol. The summed E-state index contributed by atoms with van der Waals surface area (Å²) in [6, 6.07) is 14.7. The smallest absolute Gasteiger partial charge is 0.335 e. The van der Waals surface area contributed by atoms with Gasteiger partial charge in [0.25, 0.3) is 20.2 Å². The molecule has 6 rings (SSSR count). The highest BCUT2D eigenvalue weighted by molar-refractivity contribution is 7.86. The fourth-order valence-electron chi connectivity index (χ4n) is 5.78. The number of anilines is 2. The van der Waals surface area contributed by atoms with Crippen LogP contribution in [0, 0.1) is 0 Å². The van der Waals surface area contributed by atoms with Gasteiger partial charge in [-0.25, -0.2) is 9.59 Å². The molecule has 0 bridgehead atoms. The first-order valence-electron chi connectivity index (χ1n) is 16.1. The Hall–Kier alpha value is -6.62. The minimum absolute atomic E-state index is 0.0404. The van der Waals surface area contributed by atoms with E-state index in [1.54, 1.807) is 0 Å². The minimum Gasteiger partial charge on any atom is -0.505 e. The highest BCUT2D eigenvalue weighted by atomic mass is 35.5. The van der Waals surface area contributed by atoms with Gasteiger partial charge in [-0.2, -0.15) is 16.8 Å². The molecule has 59 heavy (non-hydrogen) atoms. The largest absolute Gasteiger partial charge is 0.505 e. The minimum atomic E-state index is -5.08. The maximum atomic E-state index is 12.5.